The zero-order valence-electron chi connectivity index (χ0n) is 9.92. The fourth-order valence-corrected chi connectivity index (χ4v) is 1.50. The number of hydrogen-bond acceptors (Lipinski definition) is 3. The minimum Gasteiger partial charge on any atom is -0.385 e. The molecule has 86 valence electrons. The van der Waals surface area contributed by atoms with E-state index in [2.05, 4.69) is 28.0 Å². The molecule has 1 aromatic heterocycles. The number of nitrogens with one attached hydrogen (secondary N) is 1. The quantitative estimate of drug-likeness (QED) is 0.702. The zero-order valence-corrected chi connectivity index (χ0v) is 9.92. The molecule has 4 nitrogen and oxygen atoms in total. The molecule has 0 spiro atoms. The van der Waals surface area contributed by atoms with Crippen molar-refractivity contribution in [3.8, 4) is 0 Å². The van der Waals surface area contributed by atoms with Gasteiger partial charge in [-0.2, -0.15) is 0 Å². The molecule has 0 aromatic carbocycles. The van der Waals surface area contributed by atoms with Gasteiger partial charge in [0.2, 0.25) is 5.95 Å². The maximum Gasteiger partial charge on any atom is 0.203 e. The van der Waals surface area contributed by atoms with Crippen LogP contribution in [0.3, 0.4) is 0 Å². The number of anilines is 1. The molecule has 0 bridgehead atoms. The van der Waals surface area contributed by atoms with Crippen LogP contribution in [-0.2, 0) is 11.3 Å². The van der Waals surface area contributed by atoms with Crippen molar-refractivity contribution in [1.29, 1.82) is 0 Å². The minimum atomic E-state index is 0.836. The lowest BCUT2D eigenvalue weighted by molar-refractivity contribution is 0.193. The van der Waals surface area contributed by atoms with Gasteiger partial charge in [-0.1, -0.05) is 0 Å². The Morgan fingerprint density at radius 2 is 2.27 bits per heavy atom. The molecule has 0 fully saturated rings. The number of ether oxygens (including phenoxy) is 1. The van der Waals surface area contributed by atoms with Gasteiger partial charge in [0.25, 0.3) is 0 Å². The largest absolute Gasteiger partial charge is 0.385 e. The molecule has 1 aromatic rings. The van der Waals surface area contributed by atoms with E-state index in [-0.39, 0.29) is 0 Å². The summed E-state index contributed by atoms with van der Waals surface area (Å²) in [4.78, 5) is 4.42. The van der Waals surface area contributed by atoms with Gasteiger partial charge in [0.05, 0.1) is 5.69 Å². The van der Waals surface area contributed by atoms with Crippen LogP contribution in [0.2, 0.25) is 0 Å². The highest BCUT2D eigenvalue weighted by Crippen LogP contribution is 2.07. The van der Waals surface area contributed by atoms with E-state index in [9.17, 15) is 0 Å². The summed E-state index contributed by atoms with van der Waals surface area (Å²) in [6.45, 7) is 6.89. The number of rotatable bonds is 7. The average Bonchev–Trinajstić information content (AvgIpc) is 2.59. The molecule has 1 N–H and O–H groups in total. The Morgan fingerprint density at radius 1 is 1.47 bits per heavy atom. The number of hydrogen-bond donors (Lipinski definition) is 1. The van der Waals surface area contributed by atoms with Crippen LogP contribution in [0.25, 0.3) is 0 Å². The summed E-state index contributed by atoms with van der Waals surface area (Å²) in [5.41, 5.74) is 1.07. The molecule has 15 heavy (non-hydrogen) atoms. The molecular weight excluding hydrogens is 190 g/mol. The van der Waals surface area contributed by atoms with Crippen molar-refractivity contribution < 1.29 is 4.74 Å². The topological polar surface area (TPSA) is 39.1 Å². The van der Waals surface area contributed by atoms with Crippen LogP contribution in [0.4, 0.5) is 5.95 Å². The third-order valence-corrected chi connectivity index (χ3v) is 2.30. The highest BCUT2D eigenvalue weighted by atomic mass is 16.5. The van der Waals surface area contributed by atoms with Crippen molar-refractivity contribution in [2.75, 3.05) is 25.6 Å². The average molecular weight is 211 g/mol. The van der Waals surface area contributed by atoms with E-state index < -0.39 is 0 Å². The molecule has 0 atom stereocenters. The van der Waals surface area contributed by atoms with Crippen LogP contribution >= 0.6 is 0 Å². The molecular formula is C11H21N3O. The zero-order chi connectivity index (χ0) is 11.1. The van der Waals surface area contributed by atoms with E-state index >= 15 is 0 Å². The van der Waals surface area contributed by atoms with Crippen LogP contribution in [0.15, 0.2) is 6.20 Å². The monoisotopic (exact) mass is 211 g/mol. The summed E-state index contributed by atoms with van der Waals surface area (Å²) in [7, 11) is 1.74. The van der Waals surface area contributed by atoms with Crippen LogP contribution in [0.1, 0.15) is 25.5 Å². The SMILES string of the molecule is CCn1cc(C)nc1NCCCCOC. The van der Waals surface area contributed by atoms with E-state index in [1.165, 1.54) is 0 Å². The molecule has 4 heteroatoms. The standard InChI is InChI=1S/C11H21N3O/c1-4-14-9-10(2)13-11(14)12-7-5-6-8-15-3/h9H,4-8H2,1-3H3,(H,12,13). The molecule has 0 unspecified atom stereocenters. The smallest absolute Gasteiger partial charge is 0.203 e. The first-order valence-corrected chi connectivity index (χ1v) is 5.54. The fraction of sp³-hybridized carbons (Fsp3) is 0.727. The first-order valence-electron chi connectivity index (χ1n) is 5.54. The lowest BCUT2D eigenvalue weighted by Gasteiger charge is -2.07. The Bertz CT molecular complexity index is 283. The predicted octanol–water partition coefficient (Wildman–Crippen LogP) is 2.05. The lowest BCUT2D eigenvalue weighted by Crippen LogP contribution is -2.08. The Hall–Kier alpha value is -1.03. The molecule has 1 rings (SSSR count). The second-order valence-electron chi connectivity index (χ2n) is 3.62. The second kappa shape index (κ2) is 6.45. The number of nitrogens with zero attached hydrogens (tertiary/aromatic N) is 2. The van der Waals surface area contributed by atoms with Crippen LogP contribution in [0, 0.1) is 6.92 Å². The van der Waals surface area contributed by atoms with Gasteiger partial charge < -0.3 is 14.6 Å². The molecule has 0 radical (unpaired) electrons. The van der Waals surface area contributed by atoms with Gasteiger partial charge >= 0.3 is 0 Å². The Labute approximate surface area is 91.7 Å². The number of imidazole rings is 1. The Balaban J connectivity index is 2.30. The van der Waals surface area contributed by atoms with Gasteiger partial charge in [-0.3, -0.25) is 0 Å². The van der Waals surface area contributed by atoms with E-state index in [4.69, 9.17) is 4.74 Å². The number of unbranched alkanes of at least 4 members (excludes halogenated alkanes) is 1. The maximum absolute atomic E-state index is 4.99. The first kappa shape index (κ1) is 12.0. The van der Waals surface area contributed by atoms with Gasteiger partial charge in [0.1, 0.15) is 0 Å². The molecule has 1 heterocycles. The maximum atomic E-state index is 4.99. The van der Waals surface area contributed by atoms with Crippen molar-refractivity contribution in [2.24, 2.45) is 0 Å². The van der Waals surface area contributed by atoms with Gasteiger partial charge in [0, 0.05) is 33.0 Å². The summed E-state index contributed by atoms with van der Waals surface area (Å²) < 4.78 is 7.13. The highest BCUT2D eigenvalue weighted by molar-refractivity contribution is 5.28. The number of aryl methyl sites for hydroxylation is 2. The number of methoxy groups -OCH3 is 1. The molecule has 0 amide bonds. The molecule has 0 aliphatic carbocycles. The minimum absolute atomic E-state index is 0.836. The predicted molar refractivity (Wildman–Crippen MR) is 62.2 cm³/mol. The third kappa shape index (κ3) is 3.91. The van der Waals surface area contributed by atoms with Crippen molar-refractivity contribution in [1.82, 2.24) is 9.55 Å². The fourth-order valence-electron chi connectivity index (χ4n) is 1.50. The lowest BCUT2D eigenvalue weighted by atomic mass is 10.3. The summed E-state index contributed by atoms with van der Waals surface area (Å²) >= 11 is 0. The summed E-state index contributed by atoms with van der Waals surface area (Å²) in [5, 5.41) is 3.34. The molecule has 0 saturated heterocycles. The van der Waals surface area contributed by atoms with Gasteiger partial charge in [-0.15, -0.1) is 0 Å². The van der Waals surface area contributed by atoms with Crippen molar-refractivity contribution >= 4 is 5.95 Å². The number of aromatic nitrogens is 2. The molecule has 0 aliphatic heterocycles. The van der Waals surface area contributed by atoms with Gasteiger partial charge in [-0.25, -0.2) is 4.98 Å². The van der Waals surface area contributed by atoms with E-state index in [0.717, 1.165) is 44.2 Å². The highest BCUT2D eigenvalue weighted by Gasteiger charge is 2.02. The van der Waals surface area contributed by atoms with Crippen LogP contribution < -0.4 is 5.32 Å². The van der Waals surface area contributed by atoms with Crippen LogP contribution in [-0.4, -0.2) is 29.8 Å². The van der Waals surface area contributed by atoms with Crippen molar-refractivity contribution in [2.45, 2.75) is 33.2 Å². The summed E-state index contributed by atoms with van der Waals surface area (Å²) in [6.07, 6.45) is 4.27. The van der Waals surface area contributed by atoms with Gasteiger partial charge in [0.15, 0.2) is 0 Å². The second-order valence-corrected chi connectivity index (χ2v) is 3.62. The Morgan fingerprint density at radius 3 is 2.93 bits per heavy atom. The van der Waals surface area contributed by atoms with Crippen molar-refractivity contribution in [3.05, 3.63) is 11.9 Å². The normalized spacial score (nSPS) is 10.6. The summed E-state index contributed by atoms with van der Waals surface area (Å²) in [6, 6.07) is 0. The van der Waals surface area contributed by atoms with Crippen LogP contribution in [0.5, 0.6) is 0 Å². The summed E-state index contributed by atoms with van der Waals surface area (Å²) in [5.74, 6) is 0.979. The first-order chi connectivity index (χ1) is 7.27. The van der Waals surface area contributed by atoms with Gasteiger partial charge in [-0.05, 0) is 26.7 Å². The van der Waals surface area contributed by atoms with E-state index in [0.29, 0.717) is 0 Å². The molecule has 0 aliphatic rings. The third-order valence-electron chi connectivity index (χ3n) is 2.30. The van der Waals surface area contributed by atoms with Crippen molar-refractivity contribution in [3.63, 3.8) is 0 Å². The Kier molecular flexibility index (Phi) is 5.18. The molecule has 0 saturated carbocycles. The van der Waals surface area contributed by atoms with E-state index in [1.54, 1.807) is 7.11 Å². The van der Waals surface area contributed by atoms with E-state index in [1.807, 2.05) is 6.92 Å².